The number of halogens is 1. The Morgan fingerprint density at radius 3 is 2.57 bits per heavy atom. The van der Waals surface area contributed by atoms with E-state index < -0.39 is 9.05 Å². The molecular formula is C14H20ClNO4S. The minimum atomic E-state index is -3.81. The second kappa shape index (κ2) is 7.66. The molecule has 1 amide bonds. The highest BCUT2D eigenvalue weighted by molar-refractivity contribution is 8.13. The maximum atomic E-state index is 11.7. The standard InChI is InChI=1S/C14H20ClNO4S/c1-10(2)4-7-14(17)16-9-11-8-12(21(15,18)19)5-6-13(11)20-3/h5-6,8,10H,4,7,9H2,1-3H3,(H,16,17). The Kier molecular flexibility index (Phi) is 6.48. The molecule has 0 aromatic heterocycles. The average Bonchev–Trinajstić information content (AvgIpc) is 2.41. The summed E-state index contributed by atoms with van der Waals surface area (Å²) in [5.41, 5.74) is 0.567. The van der Waals surface area contributed by atoms with E-state index >= 15 is 0 Å². The van der Waals surface area contributed by atoms with Gasteiger partial charge in [0.05, 0.1) is 12.0 Å². The van der Waals surface area contributed by atoms with Crippen LogP contribution >= 0.6 is 10.7 Å². The van der Waals surface area contributed by atoms with Crippen LogP contribution in [0.4, 0.5) is 0 Å². The minimum Gasteiger partial charge on any atom is -0.496 e. The van der Waals surface area contributed by atoms with Crippen molar-refractivity contribution in [2.75, 3.05) is 7.11 Å². The molecule has 7 heteroatoms. The number of hydrogen-bond acceptors (Lipinski definition) is 4. The molecule has 0 aliphatic rings. The Morgan fingerprint density at radius 1 is 1.38 bits per heavy atom. The highest BCUT2D eigenvalue weighted by atomic mass is 35.7. The summed E-state index contributed by atoms with van der Waals surface area (Å²) in [6.07, 6.45) is 1.24. The molecule has 0 bridgehead atoms. The zero-order valence-corrected chi connectivity index (χ0v) is 13.9. The number of methoxy groups -OCH3 is 1. The fourth-order valence-corrected chi connectivity index (χ4v) is 2.55. The molecule has 118 valence electrons. The lowest BCUT2D eigenvalue weighted by Crippen LogP contribution is -2.23. The monoisotopic (exact) mass is 333 g/mol. The lowest BCUT2D eigenvalue weighted by atomic mass is 10.1. The molecule has 1 rings (SSSR count). The lowest BCUT2D eigenvalue weighted by Gasteiger charge is -2.11. The van der Waals surface area contributed by atoms with Crippen LogP contribution in [0.2, 0.25) is 0 Å². The number of rotatable bonds is 7. The minimum absolute atomic E-state index is 0.0172. The van der Waals surface area contributed by atoms with Crippen molar-refractivity contribution in [3.8, 4) is 5.75 Å². The fourth-order valence-electron chi connectivity index (χ4n) is 1.75. The van der Waals surface area contributed by atoms with Gasteiger partial charge in [-0.05, 0) is 30.5 Å². The van der Waals surface area contributed by atoms with E-state index in [2.05, 4.69) is 5.32 Å². The van der Waals surface area contributed by atoms with Crippen LogP contribution in [-0.2, 0) is 20.4 Å². The van der Waals surface area contributed by atoms with E-state index in [1.165, 1.54) is 25.3 Å². The van der Waals surface area contributed by atoms with Gasteiger partial charge in [-0.1, -0.05) is 13.8 Å². The molecular weight excluding hydrogens is 314 g/mol. The molecule has 0 heterocycles. The first-order valence-electron chi connectivity index (χ1n) is 6.62. The Hall–Kier alpha value is -1.27. The van der Waals surface area contributed by atoms with Crippen molar-refractivity contribution in [1.29, 1.82) is 0 Å². The van der Waals surface area contributed by atoms with Crippen molar-refractivity contribution in [1.82, 2.24) is 5.32 Å². The molecule has 0 radical (unpaired) electrons. The van der Waals surface area contributed by atoms with Crippen LogP contribution in [0, 0.1) is 5.92 Å². The van der Waals surface area contributed by atoms with E-state index in [0.717, 1.165) is 6.42 Å². The van der Waals surface area contributed by atoms with E-state index in [9.17, 15) is 13.2 Å². The molecule has 0 spiro atoms. The summed E-state index contributed by atoms with van der Waals surface area (Å²) in [5, 5.41) is 2.75. The van der Waals surface area contributed by atoms with Crippen LogP contribution in [0.15, 0.2) is 23.1 Å². The van der Waals surface area contributed by atoms with Crippen molar-refractivity contribution < 1.29 is 17.9 Å². The molecule has 1 aromatic carbocycles. The largest absolute Gasteiger partial charge is 0.496 e. The quantitative estimate of drug-likeness (QED) is 0.779. The van der Waals surface area contributed by atoms with Crippen LogP contribution in [-0.4, -0.2) is 21.4 Å². The van der Waals surface area contributed by atoms with Crippen molar-refractivity contribution in [2.24, 2.45) is 5.92 Å². The molecule has 1 aromatic rings. The van der Waals surface area contributed by atoms with Crippen molar-refractivity contribution in [3.05, 3.63) is 23.8 Å². The Morgan fingerprint density at radius 2 is 2.05 bits per heavy atom. The second-order valence-electron chi connectivity index (χ2n) is 5.12. The van der Waals surface area contributed by atoms with Gasteiger partial charge in [0.15, 0.2) is 0 Å². The maximum absolute atomic E-state index is 11.7. The van der Waals surface area contributed by atoms with Gasteiger partial charge in [0.2, 0.25) is 5.91 Å². The van der Waals surface area contributed by atoms with Gasteiger partial charge in [0, 0.05) is 29.2 Å². The number of ether oxygens (including phenoxy) is 1. The van der Waals surface area contributed by atoms with Crippen LogP contribution < -0.4 is 10.1 Å². The smallest absolute Gasteiger partial charge is 0.261 e. The van der Waals surface area contributed by atoms with Crippen molar-refractivity contribution in [2.45, 2.75) is 38.1 Å². The first-order chi connectivity index (χ1) is 9.74. The molecule has 0 unspecified atom stereocenters. The third kappa shape index (κ3) is 5.93. The van der Waals surface area contributed by atoms with Gasteiger partial charge in [-0.25, -0.2) is 8.42 Å². The van der Waals surface area contributed by atoms with Gasteiger partial charge in [-0.3, -0.25) is 4.79 Å². The van der Waals surface area contributed by atoms with Crippen LogP contribution in [0.3, 0.4) is 0 Å². The number of benzene rings is 1. The van der Waals surface area contributed by atoms with E-state index in [-0.39, 0.29) is 17.3 Å². The topological polar surface area (TPSA) is 72.5 Å². The molecule has 5 nitrogen and oxygen atoms in total. The summed E-state index contributed by atoms with van der Waals surface area (Å²) in [7, 11) is 2.99. The van der Waals surface area contributed by atoms with Gasteiger partial charge in [0.25, 0.3) is 9.05 Å². The Labute approximate surface area is 130 Å². The number of carbonyl (C=O) groups excluding carboxylic acids is 1. The van der Waals surface area contributed by atoms with E-state index in [4.69, 9.17) is 15.4 Å². The zero-order chi connectivity index (χ0) is 16.0. The number of hydrogen-bond donors (Lipinski definition) is 1. The van der Waals surface area contributed by atoms with Gasteiger partial charge in [-0.15, -0.1) is 0 Å². The summed E-state index contributed by atoms with van der Waals surface area (Å²) in [4.78, 5) is 11.7. The van der Waals surface area contributed by atoms with Crippen LogP contribution in [0.1, 0.15) is 32.3 Å². The van der Waals surface area contributed by atoms with Gasteiger partial charge in [0.1, 0.15) is 5.75 Å². The summed E-state index contributed by atoms with van der Waals surface area (Å²) in [5.74, 6) is 0.878. The van der Waals surface area contributed by atoms with Crippen molar-refractivity contribution in [3.63, 3.8) is 0 Å². The van der Waals surface area contributed by atoms with E-state index in [0.29, 0.717) is 23.7 Å². The van der Waals surface area contributed by atoms with Gasteiger partial charge >= 0.3 is 0 Å². The van der Waals surface area contributed by atoms with E-state index in [1.807, 2.05) is 13.8 Å². The highest BCUT2D eigenvalue weighted by Crippen LogP contribution is 2.24. The molecule has 1 N–H and O–H groups in total. The Balaban J connectivity index is 2.79. The van der Waals surface area contributed by atoms with Crippen LogP contribution in [0.25, 0.3) is 0 Å². The first kappa shape index (κ1) is 17.8. The summed E-state index contributed by atoms with van der Waals surface area (Å²) < 4.78 is 27.8. The van der Waals surface area contributed by atoms with Crippen molar-refractivity contribution >= 4 is 25.6 Å². The zero-order valence-electron chi connectivity index (χ0n) is 12.3. The lowest BCUT2D eigenvalue weighted by molar-refractivity contribution is -0.121. The van der Waals surface area contributed by atoms with E-state index in [1.54, 1.807) is 0 Å². The number of nitrogens with one attached hydrogen (secondary N) is 1. The fraction of sp³-hybridized carbons (Fsp3) is 0.500. The first-order valence-corrected chi connectivity index (χ1v) is 8.93. The number of amides is 1. The third-order valence-electron chi connectivity index (χ3n) is 2.96. The number of carbonyl (C=O) groups is 1. The predicted octanol–water partition coefficient (Wildman–Crippen LogP) is 2.68. The SMILES string of the molecule is COc1ccc(S(=O)(=O)Cl)cc1CNC(=O)CCC(C)C. The molecule has 0 atom stereocenters. The normalized spacial score (nSPS) is 11.5. The molecule has 0 aliphatic heterocycles. The molecule has 0 fully saturated rings. The maximum Gasteiger partial charge on any atom is 0.261 e. The summed E-state index contributed by atoms with van der Waals surface area (Å²) in [6.45, 7) is 4.29. The van der Waals surface area contributed by atoms with Gasteiger partial charge in [-0.2, -0.15) is 0 Å². The average molecular weight is 334 g/mol. The van der Waals surface area contributed by atoms with Crippen LogP contribution in [0.5, 0.6) is 5.75 Å². The molecule has 21 heavy (non-hydrogen) atoms. The molecule has 0 saturated carbocycles. The molecule has 0 saturated heterocycles. The molecule has 0 aliphatic carbocycles. The summed E-state index contributed by atoms with van der Waals surface area (Å²) in [6, 6.07) is 4.29. The predicted molar refractivity (Wildman–Crippen MR) is 82.0 cm³/mol. The third-order valence-corrected chi connectivity index (χ3v) is 4.31. The van der Waals surface area contributed by atoms with Gasteiger partial charge < -0.3 is 10.1 Å². The Bertz CT molecular complexity index is 599. The highest BCUT2D eigenvalue weighted by Gasteiger charge is 2.14. The second-order valence-corrected chi connectivity index (χ2v) is 7.69. The summed E-state index contributed by atoms with van der Waals surface area (Å²) >= 11 is 0.